The number of esters is 1. The van der Waals surface area contributed by atoms with Crippen LogP contribution in [0.3, 0.4) is 0 Å². The summed E-state index contributed by atoms with van der Waals surface area (Å²) in [7, 11) is 0. The number of rotatable bonds is 3. The minimum atomic E-state index is -0.440. The molecule has 0 aliphatic rings. The molecule has 3 nitrogen and oxygen atoms in total. The Labute approximate surface area is 77.1 Å². The van der Waals surface area contributed by atoms with E-state index in [1.807, 2.05) is 0 Å². The van der Waals surface area contributed by atoms with E-state index in [1.165, 1.54) is 6.92 Å². The molecule has 0 aliphatic heterocycles. The Balaban J connectivity index is 0. The number of carbonyl (C=O) groups is 2. The van der Waals surface area contributed by atoms with Gasteiger partial charge in [0.15, 0.2) is 0 Å². The van der Waals surface area contributed by atoms with Gasteiger partial charge in [0, 0.05) is 0 Å². The number of hydrogen-bond acceptors (Lipinski definition) is 3. The predicted octanol–water partition coefficient (Wildman–Crippen LogP) is -0.388. The van der Waals surface area contributed by atoms with Gasteiger partial charge in [0.25, 0.3) is 0 Å². The molecular weight excluding hydrogens is 239 g/mol. The predicted molar refractivity (Wildman–Crippen MR) is 40.5 cm³/mol. The van der Waals surface area contributed by atoms with Crippen LogP contribution in [-0.4, -0.2) is 42.3 Å². The average molecular weight is 251 g/mol. The van der Waals surface area contributed by atoms with Gasteiger partial charge in [-0.3, -0.25) is 9.59 Å². The van der Waals surface area contributed by atoms with E-state index in [4.69, 9.17) is 0 Å². The summed E-state index contributed by atoms with van der Waals surface area (Å²) in [5, 5.41) is 0. The third-order valence-electron chi connectivity index (χ3n) is 0.699. The zero-order valence-electron chi connectivity index (χ0n) is 6.35. The molecule has 0 bridgehead atoms. The van der Waals surface area contributed by atoms with Crippen LogP contribution in [0.2, 0.25) is 0 Å². The molecule has 0 atom stereocenters. The van der Waals surface area contributed by atoms with Gasteiger partial charge in [-0.2, -0.15) is 0 Å². The Kier molecular flexibility index (Phi) is 8.88. The molecule has 0 aromatic carbocycles. The van der Waals surface area contributed by atoms with E-state index in [2.05, 4.69) is 4.74 Å². The summed E-state index contributed by atoms with van der Waals surface area (Å²) in [6.45, 7) is 3.40. The molecule has 0 unspecified atom stereocenters. The molecule has 0 spiro atoms. The molecule has 0 aromatic heterocycles. The monoisotopic (exact) mass is 252 g/mol. The fourth-order valence-electron chi connectivity index (χ4n) is 0.415. The molecule has 10 heavy (non-hydrogen) atoms. The Bertz CT molecular complexity index is 122. The maximum absolute atomic E-state index is 10.4. The van der Waals surface area contributed by atoms with Gasteiger partial charge < -0.3 is 4.74 Å². The van der Waals surface area contributed by atoms with Crippen molar-refractivity contribution in [3.05, 3.63) is 0 Å². The molecule has 0 saturated heterocycles. The zero-order chi connectivity index (χ0) is 7.28. The van der Waals surface area contributed by atoms with Crippen molar-refractivity contribution in [3.8, 4) is 0 Å². The van der Waals surface area contributed by atoms with Crippen molar-refractivity contribution < 1.29 is 14.3 Å². The van der Waals surface area contributed by atoms with Crippen molar-refractivity contribution in [2.75, 3.05) is 6.61 Å². The Morgan fingerprint density at radius 3 is 2.20 bits per heavy atom. The summed E-state index contributed by atoms with van der Waals surface area (Å²) in [5.41, 5.74) is 0. The SMILES string of the molecule is CCOC(=O)CC(C)=O.[SnH2]. The van der Waals surface area contributed by atoms with Crippen molar-refractivity contribution in [2.24, 2.45) is 0 Å². The van der Waals surface area contributed by atoms with Crippen LogP contribution in [0.4, 0.5) is 0 Å². The van der Waals surface area contributed by atoms with Crippen LogP contribution in [-0.2, 0) is 14.3 Å². The number of Topliss-reactive ketones (excluding diaryl/α,β-unsaturated/α-hetero) is 1. The minimum absolute atomic E-state index is 0. The molecule has 0 amide bonds. The molecule has 0 heterocycles. The van der Waals surface area contributed by atoms with Crippen LogP contribution in [0.25, 0.3) is 0 Å². The number of ether oxygens (including phenoxy) is 1. The number of ketones is 1. The van der Waals surface area contributed by atoms with Crippen molar-refractivity contribution in [1.82, 2.24) is 0 Å². The summed E-state index contributed by atoms with van der Waals surface area (Å²) in [4.78, 5) is 20.6. The number of hydrogen-bond donors (Lipinski definition) is 0. The zero-order valence-corrected chi connectivity index (χ0v) is 10.4. The first-order valence-corrected chi connectivity index (χ1v) is 2.82. The summed E-state index contributed by atoms with van der Waals surface area (Å²) in [6, 6.07) is 0. The van der Waals surface area contributed by atoms with Gasteiger partial charge in [-0.1, -0.05) is 0 Å². The van der Waals surface area contributed by atoms with Crippen LogP contribution in [0.5, 0.6) is 0 Å². The van der Waals surface area contributed by atoms with E-state index >= 15 is 0 Å². The second kappa shape index (κ2) is 7.05. The van der Waals surface area contributed by atoms with Crippen molar-refractivity contribution in [2.45, 2.75) is 20.3 Å². The molecule has 0 saturated carbocycles. The summed E-state index contributed by atoms with van der Waals surface area (Å²) in [5.74, 6) is -0.599. The van der Waals surface area contributed by atoms with E-state index in [0.717, 1.165) is 0 Å². The Hall–Kier alpha value is -0.0613. The summed E-state index contributed by atoms with van der Waals surface area (Å²) >= 11 is 0. The topological polar surface area (TPSA) is 43.4 Å². The van der Waals surface area contributed by atoms with Crippen LogP contribution < -0.4 is 0 Å². The molecule has 0 rings (SSSR count). The van der Waals surface area contributed by atoms with Crippen molar-refractivity contribution in [1.29, 1.82) is 0 Å². The second-order valence-electron chi connectivity index (χ2n) is 1.68. The molecule has 0 N–H and O–H groups in total. The quantitative estimate of drug-likeness (QED) is 0.390. The fourth-order valence-corrected chi connectivity index (χ4v) is 0.415. The normalized spacial score (nSPS) is 7.80. The molecule has 0 fully saturated rings. The van der Waals surface area contributed by atoms with E-state index in [0.29, 0.717) is 6.61 Å². The molecule has 0 aromatic rings. The van der Waals surface area contributed by atoms with E-state index in [1.54, 1.807) is 6.92 Å². The fraction of sp³-hybridized carbons (Fsp3) is 0.667. The standard InChI is InChI=1S/C6H10O3.Sn.2H/c1-3-9-6(8)4-5(2)7;;;/h3-4H2,1-2H3;;;. The van der Waals surface area contributed by atoms with Gasteiger partial charge >= 0.3 is 29.9 Å². The van der Waals surface area contributed by atoms with E-state index < -0.39 is 5.97 Å². The first-order valence-electron chi connectivity index (χ1n) is 2.82. The average Bonchev–Trinajstić information content (AvgIpc) is 1.63. The van der Waals surface area contributed by atoms with Crippen molar-refractivity contribution >= 4 is 35.7 Å². The van der Waals surface area contributed by atoms with Crippen LogP contribution in [0, 0.1) is 0 Å². The van der Waals surface area contributed by atoms with Gasteiger partial charge in [-0.25, -0.2) is 0 Å². The van der Waals surface area contributed by atoms with Crippen LogP contribution >= 0.6 is 0 Å². The van der Waals surface area contributed by atoms with E-state index in [-0.39, 0.29) is 36.1 Å². The first kappa shape index (κ1) is 12.6. The third kappa shape index (κ3) is 7.94. The molecular formula is C6H12O3Sn. The molecule has 2 radical (unpaired) electrons. The summed E-state index contributed by atoms with van der Waals surface area (Å²) < 4.78 is 4.49. The Morgan fingerprint density at radius 2 is 1.90 bits per heavy atom. The van der Waals surface area contributed by atoms with Gasteiger partial charge in [0.2, 0.25) is 0 Å². The number of carbonyl (C=O) groups excluding carboxylic acids is 2. The van der Waals surface area contributed by atoms with Gasteiger partial charge in [-0.05, 0) is 13.8 Å². The Morgan fingerprint density at radius 1 is 1.40 bits per heavy atom. The summed E-state index contributed by atoms with van der Waals surface area (Å²) in [6.07, 6.45) is -0.103. The first-order chi connectivity index (χ1) is 4.16. The van der Waals surface area contributed by atoms with Gasteiger partial charge in [-0.15, -0.1) is 0 Å². The maximum atomic E-state index is 10.4. The molecule has 0 aliphatic carbocycles. The van der Waals surface area contributed by atoms with Gasteiger partial charge in [0.1, 0.15) is 12.2 Å². The van der Waals surface area contributed by atoms with Gasteiger partial charge in [0.05, 0.1) is 6.61 Å². The second-order valence-corrected chi connectivity index (χ2v) is 1.68. The molecule has 58 valence electrons. The molecule has 4 heteroatoms. The van der Waals surface area contributed by atoms with E-state index in [9.17, 15) is 9.59 Å². The van der Waals surface area contributed by atoms with Crippen molar-refractivity contribution in [3.63, 3.8) is 0 Å². The van der Waals surface area contributed by atoms with Crippen LogP contribution in [0.1, 0.15) is 20.3 Å². The third-order valence-corrected chi connectivity index (χ3v) is 0.699. The van der Waals surface area contributed by atoms with Crippen LogP contribution in [0.15, 0.2) is 0 Å².